The highest BCUT2D eigenvalue weighted by atomic mass is 35.5. The van der Waals surface area contributed by atoms with Gasteiger partial charge in [0.05, 0.1) is 15.6 Å². The Kier molecular flexibility index (Phi) is 4.85. The lowest BCUT2D eigenvalue weighted by molar-refractivity contribution is -0.115. The summed E-state index contributed by atoms with van der Waals surface area (Å²) in [4.78, 5) is 16.9. The van der Waals surface area contributed by atoms with Crippen LogP contribution < -0.4 is 5.32 Å². The number of carbonyl (C=O) groups excluding carboxylic acids is 1. The molecule has 4 nitrogen and oxygen atoms in total. The van der Waals surface area contributed by atoms with Gasteiger partial charge in [-0.2, -0.15) is 0 Å². The second-order valence-electron chi connectivity index (χ2n) is 5.14. The quantitative estimate of drug-likeness (QED) is 0.730. The van der Waals surface area contributed by atoms with E-state index in [-0.39, 0.29) is 16.7 Å². The number of benzene rings is 2. The largest absolute Gasteiger partial charge is 0.506 e. The van der Waals surface area contributed by atoms with Crippen molar-refractivity contribution in [3.05, 3.63) is 62.5 Å². The minimum atomic E-state index is -0.290. The minimum Gasteiger partial charge on any atom is -0.506 e. The van der Waals surface area contributed by atoms with Crippen molar-refractivity contribution in [2.45, 2.75) is 6.92 Å². The van der Waals surface area contributed by atoms with Gasteiger partial charge in [-0.25, -0.2) is 4.99 Å². The number of amidine groups is 1. The van der Waals surface area contributed by atoms with Crippen LogP contribution in [0.1, 0.15) is 11.1 Å². The fourth-order valence-corrected chi connectivity index (χ4v) is 3.40. The van der Waals surface area contributed by atoms with Gasteiger partial charge >= 0.3 is 0 Å². The van der Waals surface area contributed by atoms with Crippen LogP contribution in [0.5, 0.6) is 5.75 Å². The molecule has 7 heteroatoms. The number of aliphatic imine (C=N–C) groups is 1. The number of carbonyl (C=O) groups is 1. The fraction of sp³-hybridized carbons (Fsp3) is 0.0588. The summed E-state index contributed by atoms with van der Waals surface area (Å²) in [5, 5.41) is 13.7. The van der Waals surface area contributed by atoms with Gasteiger partial charge in [0.1, 0.15) is 5.75 Å². The van der Waals surface area contributed by atoms with Crippen molar-refractivity contribution in [1.29, 1.82) is 0 Å². The average molecular weight is 379 g/mol. The Morgan fingerprint density at radius 1 is 1.21 bits per heavy atom. The molecule has 0 radical (unpaired) electrons. The van der Waals surface area contributed by atoms with Crippen LogP contribution in [0.3, 0.4) is 0 Å². The summed E-state index contributed by atoms with van der Waals surface area (Å²) in [6.07, 6.45) is 1.53. The number of thioether (sulfide) groups is 1. The van der Waals surface area contributed by atoms with Crippen molar-refractivity contribution in [2.24, 2.45) is 4.99 Å². The van der Waals surface area contributed by atoms with Crippen LogP contribution in [-0.4, -0.2) is 16.2 Å². The highest BCUT2D eigenvalue weighted by molar-refractivity contribution is 8.18. The summed E-state index contributed by atoms with van der Waals surface area (Å²) in [7, 11) is 0. The molecule has 0 atom stereocenters. The molecular formula is C17H12Cl2N2O2S. The first-order chi connectivity index (χ1) is 11.4. The predicted molar refractivity (Wildman–Crippen MR) is 100 cm³/mol. The average Bonchev–Trinajstić information content (AvgIpc) is 2.86. The zero-order valence-corrected chi connectivity index (χ0v) is 14.8. The molecule has 0 spiro atoms. The van der Waals surface area contributed by atoms with Gasteiger partial charge < -0.3 is 10.4 Å². The van der Waals surface area contributed by atoms with E-state index in [0.717, 1.165) is 11.3 Å². The lowest BCUT2D eigenvalue weighted by Crippen LogP contribution is -2.19. The molecule has 0 bridgehead atoms. The Morgan fingerprint density at radius 2 is 1.92 bits per heavy atom. The molecule has 0 unspecified atom stereocenters. The fourth-order valence-electron chi connectivity index (χ4n) is 2.05. The van der Waals surface area contributed by atoms with E-state index in [1.807, 2.05) is 31.2 Å². The summed E-state index contributed by atoms with van der Waals surface area (Å²) in [6, 6.07) is 10.6. The molecule has 1 saturated heterocycles. The Morgan fingerprint density at radius 3 is 2.62 bits per heavy atom. The van der Waals surface area contributed by atoms with Crippen LogP contribution >= 0.6 is 35.0 Å². The topological polar surface area (TPSA) is 61.7 Å². The standard InChI is InChI=1S/C17H12Cl2N2O2S/c1-9-2-4-12(5-3-9)20-17-21-16(23)14(24-17)7-10-6-11(18)8-13(19)15(10)22/h2-8,22H,1H3,(H,20,21,23)/b14-7+. The maximum absolute atomic E-state index is 12.1. The Bertz CT molecular complexity index is 877. The third kappa shape index (κ3) is 3.75. The molecule has 24 heavy (non-hydrogen) atoms. The van der Waals surface area contributed by atoms with E-state index in [2.05, 4.69) is 10.3 Å². The summed E-state index contributed by atoms with van der Waals surface area (Å²) in [5.74, 6) is -0.410. The Balaban J connectivity index is 1.89. The van der Waals surface area contributed by atoms with E-state index >= 15 is 0 Å². The lowest BCUT2D eigenvalue weighted by atomic mass is 10.2. The van der Waals surface area contributed by atoms with Gasteiger partial charge in [-0.05, 0) is 49.0 Å². The van der Waals surface area contributed by atoms with Crippen molar-refractivity contribution in [1.82, 2.24) is 5.32 Å². The molecule has 0 aliphatic carbocycles. The summed E-state index contributed by atoms with van der Waals surface area (Å²) < 4.78 is 0. The molecule has 1 amide bonds. The number of phenols is 1. The summed E-state index contributed by atoms with van der Waals surface area (Å²) >= 11 is 13.0. The number of hydrogen-bond acceptors (Lipinski definition) is 4. The number of hydrogen-bond donors (Lipinski definition) is 2. The van der Waals surface area contributed by atoms with Crippen molar-refractivity contribution in [2.75, 3.05) is 0 Å². The van der Waals surface area contributed by atoms with Crippen molar-refractivity contribution < 1.29 is 9.90 Å². The first-order valence-electron chi connectivity index (χ1n) is 6.96. The maximum Gasteiger partial charge on any atom is 0.264 e. The smallest absolute Gasteiger partial charge is 0.264 e. The molecule has 1 aliphatic rings. The molecule has 0 saturated carbocycles. The summed E-state index contributed by atoms with van der Waals surface area (Å²) in [6.45, 7) is 1.99. The zero-order valence-electron chi connectivity index (χ0n) is 12.5. The number of aromatic hydroxyl groups is 1. The van der Waals surface area contributed by atoms with Crippen molar-refractivity contribution >= 4 is 57.8 Å². The van der Waals surface area contributed by atoms with Crippen LogP contribution in [0, 0.1) is 6.92 Å². The number of aryl methyl sites for hydroxylation is 1. The SMILES string of the molecule is Cc1ccc(N=C2NC(=O)/C(=C\c3cc(Cl)cc(Cl)c3O)S2)cc1. The van der Waals surface area contributed by atoms with Crippen LogP contribution in [0.2, 0.25) is 10.0 Å². The molecule has 2 aromatic carbocycles. The number of amides is 1. The monoisotopic (exact) mass is 378 g/mol. The third-order valence-electron chi connectivity index (χ3n) is 3.26. The number of phenolic OH excluding ortho intramolecular Hbond substituents is 1. The number of nitrogens with zero attached hydrogens (tertiary/aromatic N) is 1. The number of halogens is 2. The highest BCUT2D eigenvalue weighted by Gasteiger charge is 2.24. The normalized spacial score (nSPS) is 17.5. The minimum absolute atomic E-state index is 0.120. The lowest BCUT2D eigenvalue weighted by Gasteiger charge is -2.03. The first kappa shape index (κ1) is 16.9. The molecular weight excluding hydrogens is 367 g/mol. The Hall–Kier alpha value is -1.95. The molecule has 2 aromatic rings. The van der Waals surface area contributed by atoms with Crippen LogP contribution in [0.4, 0.5) is 5.69 Å². The van der Waals surface area contributed by atoms with E-state index < -0.39 is 0 Å². The first-order valence-corrected chi connectivity index (χ1v) is 8.54. The van der Waals surface area contributed by atoms with Crippen LogP contribution in [0.15, 0.2) is 46.3 Å². The maximum atomic E-state index is 12.1. The molecule has 1 heterocycles. The van der Waals surface area contributed by atoms with Gasteiger partial charge in [0.15, 0.2) is 5.17 Å². The van der Waals surface area contributed by atoms with Gasteiger partial charge in [0.2, 0.25) is 0 Å². The van der Waals surface area contributed by atoms with Crippen LogP contribution in [-0.2, 0) is 4.79 Å². The number of rotatable bonds is 2. The molecule has 122 valence electrons. The molecule has 1 fully saturated rings. The van der Waals surface area contributed by atoms with Gasteiger partial charge in [0.25, 0.3) is 5.91 Å². The third-order valence-corrected chi connectivity index (χ3v) is 4.68. The van der Waals surface area contributed by atoms with E-state index in [4.69, 9.17) is 23.2 Å². The van der Waals surface area contributed by atoms with E-state index in [1.165, 1.54) is 23.9 Å². The predicted octanol–water partition coefficient (Wildman–Crippen LogP) is 4.90. The zero-order chi connectivity index (χ0) is 17.3. The van der Waals surface area contributed by atoms with Gasteiger partial charge in [-0.3, -0.25) is 4.79 Å². The van der Waals surface area contributed by atoms with Gasteiger partial charge in [0, 0.05) is 10.6 Å². The van der Waals surface area contributed by atoms with E-state index in [1.54, 1.807) is 6.07 Å². The second-order valence-corrected chi connectivity index (χ2v) is 7.02. The van der Waals surface area contributed by atoms with Crippen LogP contribution in [0.25, 0.3) is 6.08 Å². The molecule has 0 aromatic heterocycles. The van der Waals surface area contributed by atoms with Gasteiger partial charge in [-0.1, -0.05) is 40.9 Å². The second kappa shape index (κ2) is 6.89. The van der Waals surface area contributed by atoms with E-state index in [9.17, 15) is 9.90 Å². The molecule has 1 aliphatic heterocycles. The summed E-state index contributed by atoms with van der Waals surface area (Å²) in [5.41, 5.74) is 2.26. The Labute approximate surface area is 153 Å². The van der Waals surface area contributed by atoms with Crippen molar-refractivity contribution in [3.63, 3.8) is 0 Å². The number of nitrogens with one attached hydrogen (secondary N) is 1. The molecule has 3 rings (SSSR count). The van der Waals surface area contributed by atoms with E-state index in [0.29, 0.717) is 20.7 Å². The van der Waals surface area contributed by atoms with Crippen molar-refractivity contribution in [3.8, 4) is 5.75 Å². The van der Waals surface area contributed by atoms with Gasteiger partial charge in [-0.15, -0.1) is 0 Å². The highest BCUT2D eigenvalue weighted by Crippen LogP contribution is 2.35. The molecule has 2 N–H and O–H groups in total.